The molecule has 1 N–H and O–H groups in total. The Hall–Kier alpha value is -0.0900. The van der Waals surface area contributed by atoms with Crippen LogP contribution in [0.1, 0.15) is 40.0 Å². The summed E-state index contributed by atoms with van der Waals surface area (Å²) < 4.78 is 24.8. The van der Waals surface area contributed by atoms with Gasteiger partial charge < -0.3 is 10.2 Å². The number of hydrogen-bond acceptors (Lipinski definition) is 3. The Morgan fingerprint density at radius 1 is 1.30 bits per heavy atom. The van der Waals surface area contributed by atoms with Gasteiger partial charge in [0.05, 0.1) is 5.75 Å². The van der Waals surface area contributed by atoms with Crippen LogP contribution in [0.2, 0.25) is 0 Å². The summed E-state index contributed by atoms with van der Waals surface area (Å²) in [6.45, 7) is 10.2. The number of piperidine rings is 1. The van der Waals surface area contributed by atoms with Crippen molar-refractivity contribution in [1.29, 1.82) is 0 Å². The third-order valence-corrected chi connectivity index (χ3v) is 6.01. The number of hydrogen-bond donors (Lipinski definition) is 1. The summed E-state index contributed by atoms with van der Waals surface area (Å²) in [5.74, 6) is 1.92. The van der Waals surface area contributed by atoms with Gasteiger partial charge in [0.25, 0.3) is 0 Å². The molecular weight excluding hydrogens is 427 g/mol. The summed E-state index contributed by atoms with van der Waals surface area (Å²) in [6, 6.07) is 0. The Labute approximate surface area is 159 Å². The van der Waals surface area contributed by atoms with Crippen molar-refractivity contribution < 1.29 is 8.42 Å². The number of halogens is 1. The Kier molecular flexibility index (Phi) is 11.4. The SMILES string of the molecule is CCNC(=NCCCN(C)S(=O)(=O)CC)N1CCC(C)CC1.I. The average Bonchev–Trinajstić information content (AvgIpc) is 2.51. The average molecular weight is 460 g/mol. The zero-order valence-corrected chi connectivity index (χ0v) is 18.1. The summed E-state index contributed by atoms with van der Waals surface area (Å²) in [4.78, 5) is 6.97. The van der Waals surface area contributed by atoms with Crippen LogP contribution in [-0.2, 0) is 10.0 Å². The van der Waals surface area contributed by atoms with Gasteiger partial charge in [-0.05, 0) is 39.0 Å². The smallest absolute Gasteiger partial charge is 0.213 e. The normalized spacial score (nSPS) is 17.3. The molecular formula is C15H33IN4O2S. The standard InChI is InChI=1S/C15H32N4O2S.HI/c1-5-16-15(19-12-8-14(3)9-13-19)17-10-7-11-18(4)22(20,21)6-2;/h14H,5-13H2,1-4H3,(H,16,17);1H. The Balaban J connectivity index is 0.00000484. The van der Waals surface area contributed by atoms with E-state index in [0.717, 1.165) is 37.9 Å². The van der Waals surface area contributed by atoms with Crippen LogP contribution in [0.25, 0.3) is 0 Å². The van der Waals surface area contributed by atoms with Crippen molar-refractivity contribution in [2.45, 2.75) is 40.0 Å². The van der Waals surface area contributed by atoms with E-state index in [4.69, 9.17) is 0 Å². The van der Waals surface area contributed by atoms with Crippen molar-refractivity contribution in [3.05, 3.63) is 0 Å². The molecule has 138 valence electrons. The second kappa shape index (κ2) is 11.5. The lowest BCUT2D eigenvalue weighted by atomic mass is 10.00. The lowest BCUT2D eigenvalue weighted by Gasteiger charge is -2.33. The molecule has 1 fully saturated rings. The highest BCUT2D eigenvalue weighted by molar-refractivity contribution is 14.0. The van der Waals surface area contributed by atoms with Gasteiger partial charge in [0, 0.05) is 39.8 Å². The van der Waals surface area contributed by atoms with Crippen molar-refractivity contribution in [3.63, 3.8) is 0 Å². The van der Waals surface area contributed by atoms with Crippen LogP contribution >= 0.6 is 24.0 Å². The van der Waals surface area contributed by atoms with Gasteiger partial charge in [-0.15, -0.1) is 24.0 Å². The van der Waals surface area contributed by atoms with Gasteiger partial charge in [-0.2, -0.15) is 0 Å². The van der Waals surface area contributed by atoms with Crippen LogP contribution in [0.5, 0.6) is 0 Å². The van der Waals surface area contributed by atoms with Gasteiger partial charge >= 0.3 is 0 Å². The minimum absolute atomic E-state index is 0. The fourth-order valence-corrected chi connectivity index (χ4v) is 3.33. The fraction of sp³-hybridized carbons (Fsp3) is 0.933. The fourth-order valence-electron chi connectivity index (χ4n) is 2.48. The molecule has 0 saturated carbocycles. The van der Waals surface area contributed by atoms with Crippen molar-refractivity contribution in [2.24, 2.45) is 10.9 Å². The van der Waals surface area contributed by atoms with E-state index in [-0.39, 0.29) is 29.7 Å². The number of nitrogens with one attached hydrogen (secondary N) is 1. The van der Waals surface area contributed by atoms with Gasteiger partial charge in [-0.1, -0.05) is 6.92 Å². The quantitative estimate of drug-likeness (QED) is 0.273. The summed E-state index contributed by atoms with van der Waals surface area (Å²) in [5.41, 5.74) is 0. The Bertz CT molecular complexity index is 448. The molecule has 0 spiro atoms. The molecule has 0 atom stereocenters. The zero-order valence-electron chi connectivity index (χ0n) is 14.9. The minimum atomic E-state index is -3.08. The van der Waals surface area contributed by atoms with E-state index >= 15 is 0 Å². The third kappa shape index (κ3) is 8.02. The van der Waals surface area contributed by atoms with Crippen molar-refractivity contribution >= 4 is 40.0 Å². The van der Waals surface area contributed by atoms with Crippen LogP contribution in [0.3, 0.4) is 0 Å². The van der Waals surface area contributed by atoms with Gasteiger partial charge in [0.2, 0.25) is 10.0 Å². The number of guanidine groups is 1. The van der Waals surface area contributed by atoms with Crippen molar-refractivity contribution in [3.8, 4) is 0 Å². The Morgan fingerprint density at radius 2 is 1.91 bits per heavy atom. The highest BCUT2D eigenvalue weighted by Crippen LogP contribution is 2.15. The molecule has 0 aromatic carbocycles. The van der Waals surface area contributed by atoms with Gasteiger partial charge in [0.1, 0.15) is 0 Å². The predicted molar refractivity (Wildman–Crippen MR) is 108 cm³/mol. The number of sulfonamides is 1. The summed E-state index contributed by atoms with van der Waals surface area (Å²) in [5, 5.41) is 3.34. The summed E-state index contributed by atoms with van der Waals surface area (Å²) in [6.07, 6.45) is 3.17. The lowest BCUT2D eigenvalue weighted by molar-refractivity contribution is 0.273. The van der Waals surface area contributed by atoms with E-state index in [9.17, 15) is 8.42 Å². The first-order valence-electron chi connectivity index (χ1n) is 8.38. The highest BCUT2D eigenvalue weighted by Gasteiger charge is 2.18. The van der Waals surface area contributed by atoms with E-state index in [1.165, 1.54) is 17.1 Å². The third-order valence-electron chi connectivity index (χ3n) is 4.15. The second-order valence-electron chi connectivity index (χ2n) is 5.98. The molecule has 0 radical (unpaired) electrons. The molecule has 1 rings (SSSR count). The maximum absolute atomic E-state index is 11.7. The monoisotopic (exact) mass is 460 g/mol. The van der Waals surface area contributed by atoms with Crippen LogP contribution in [0.4, 0.5) is 0 Å². The van der Waals surface area contributed by atoms with Gasteiger partial charge in [0.15, 0.2) is 5.96 Å². The van der Waals surface area contributed by atoms with E-state index in [2.05, 4.69) is 29.1 Å². The molecule has 23 heavy (non-hydrogen) atoms. The maximum atomic E-state index is 11.7. The predicted octanol–water partition coefficient (Wildman–Crippen LogP) is 1.97. The minimum Gasteiger partial charge on any atom is -0.357 e. The molecule has 1 aliphatic rings. The molecule has 0 aromatic heterocycles. The molecule has 6 nitrogen and oxygen atoms in total. The first-order valence-corrected chi connectivity index (χ1v) is 9.98. The topological polar surface area (TPSA) is 65.0 Å². The largest absolute Gasteiger partial charge is 0.357 e. The molecule has 8 heteroatoms. The first-order chi connectivity index (χ1) is 10.4. The number of rotatable bonds is 7. The van der Waals surface area contributed by atoms with Crippen LogP contribution in [0.15, 0.2) is 4.99 Å². The number of nitrogens with zero attached hydrogens (tertiary/aromatic N) is 3. The molecule has 1 aliphatic heterocycles. The lowest BCUT2D eigenvalue weighted by Crippen LogP contribution is -2.45. The molecule has 0 aromatic rings. The number of likely N-dealkylation sites (tertiary alicyclic amines) is 1. The molecule has 1 saturated heterocycles. The maximum Gasteiger partial charge on any atom is 0.213 e. The second-order valence-corrected chi connectivity index (χ2v) is 8.35. The molecule has 0 unspecified atom stereocenters. The summed E-state index contributed by atoms with van der Waals surface area (Å²) >= 11 is 0. The molecule has 0 amide bonds. The van der Waals surface area contributed by atoms with E-state index in [0.29, 0.717) is 13.1 Å². The number of aliphatic imine (C=N–C) groups is 1. The molecule has 1 heterocycles. The van der Waals surface area contributed by atoms with E-state index in [1.807, 2.05) is 0 Å². The van der Waals surface area contributed by atoms with Crippen LogP contribution in [0, 0.1) is 5.92 Å². The van der Waals surface area contributed by atoms with Crippen molar-refractivity contribution in [2.75, 3.05) is 45.5 Å². The Morgan fingerprint density at radius 3 is 2.43 bits per heavy atom. The van der Waals surface area contributed by atoms with Crippen LogP contribution < -0.4 is 5.32 Å². The zero-order chi connectivity index (χ0) is 16.6. The van der Waals surface area contributed by atoms with Crippen LogP contribution in [-0.4, -0.2) is 69.1 Å². The van der Waals surface area contributed by atoms with Gasteiger partial charge in [-0.3, -0.25) is 4.99 Å². The van der Waals surface area contributed by atoms with Gasteiger partial charge in [-0.25, -0.2) is 12.7 Å². The molecule has 0 aliphatic carbocycles. The van der Waals surface area contributed by atoms with Crippen molar-refractivity contribution in [1.82, 2.24) is 14.5 Å². The van der Waals surface area contributed by atoms with E-state index < -0.39 is 10.0 Å². The van der Waals surface area contributed by atoms with E-state index in [1.54, 1.807) is 14.0 Å². The highest BCUT2D eigenvalue weighted by atomic mass is 127. The summed E-state index contributed by atoms with van der Waals surface area (Å²) in [7, 11) is -1.44. The molecule has 0 bridgehead atoms. The first kappa shape index (κ1) is 22.9.